The van der Waals surface area contributed by atoms with Gasteiger partial charge in [0.2, 0.25) is 9.62 Å². The Morgan fingerprint density at radius 2 is 1.70 bits per heavy atom. The standard InChI is InChI=1S/C21H18Cl4N4O4/c1-20(2,3)33-19(31)32-13-9-10-15(14(22)11-13)26-17(30)16-27-18(21(23,24)25)29(28-16)12-7-5-4-6-8-12/h4-11H,1-3H3,(H,26,30). The van der Waals surface area contributed by atoms with Crippen molar-refractivity contribution in [1.29, 1.82) is 0 Å². The minimum Gasteiger partial charge on any atom is -0.428 e. The first-order valence-corrected chi connectivity index (χ1v) is 11.0. The monoisotopic (exact) mass is 530 g/mol. The number of hydrogen-bond donors (Lipinski definition) is 1. The maximum Gasteiger partial charge on any atom is 0.514 e. The molecule has 1 amide bonds. The van der Waals surface area contributed by atoms with Gasteiger partial charge in [-0.15, -0.1) is 5.10 Å². The maximum absolute atomic E-state index is 12.8. The van der Waals surface area contributed by atoms with Crippen LogP contribution in [0.4, 0.5) is 10.5 Å². The zero-order chi connectivity index (χ0) is 24.4. The van der Waals surface area contributed by atoms with E-state index in [1.165, 1.54) is 22.9 Å². The van der Waals surface area contributed by atoms with Gasteiger partial charge >= 0.3 is 6.16 Å². The second-order valence-electron chi connectivity index (χ2n) is 7.67. The van der Waals surface area contributed by atoms with E-state index in [0.29, 0.717) is 5.69 Å². The molecule has 0 saturated heterocycles. The lowest BCUT2D eigenvalue weighted by Gasteiger charge is -2.18. The number of anilines is 1. The van der Waals surface area contributed by atoms with E-state index in [-0.39, 0.29) is 28.1 Å². The summed E-state index contributed by atoms with van der Waals surface area (Å²) in [6, 6.07) is 13.0. The van der Waals surface area contributed by atoms with Crippen LogP contribution in [-0.4, -0.2) is 32.4 Å². The quantitative estimate of drug-likeness (QED) is 0.240. The third-order valence-corrected chi connectivity index (χ3v) is 4.66. The Bertz CT molecular complexity index is 1170. The molecule has 1 N–H and O–H groups in total. The molecule has 1 heterocycles. The van der Waals surface area contributed by atoms with E-state index in [1.807, 2.05) is 0 Å². The molecule has 33 heavy (non-hydrogen) atoms. The van der Waals surface area contributed by atoms with Gasteiger partial charge in [0.15, 0.2) is 5.82 Å². The lowest BCUT2D eigenvalue weighted by molar-refractivity contribution is 0.0206. The fraction of sp³-hybridized carbons (Fsp3) is 0.238. The maximum atomic E-state index is 12.8. The van der Waals surface area contributed by atoms with E-state index >= 15 is 0 Å². The second kappa shape index (κ2) is 9.77. The van der Waals surface area contributed by atoms with Crippen LogP contribution >= 0.6 is 46.4 Å². The van der Waals surface area contributed by atoms with E-state index in [4.69, 9.17) is 55.9 Å². The number of carbonyl (C=O) groups is 2. The molecule has 0 fully saturated rings. The van der Waals surface area contributed by atoms with Crippen LogP contribution in [0, 0.1) is 0 Å². The van der Waals surface area contributed by atoms with Crippen molar-refractivity contribution in [2.24, 2.45) is 0 Å². The number of benzene rings is 2. The Balaban J connectivity index is 1.80. The largest absolute Gasteiger partial charge is 0.514 e. The number of carbonyl (C=O) groups excluding carboxylic acids is 2. The summed E-state index contributed by atoms with van der Waals surface area (Å²) in [7, 11) is 0. The van der Waals surface area contributed by atoms with Crippen molar-refractivity contribution in [3.8, 4) is 11.4 Å². The lowest BCUT2D eigenvalue weighted by atomic mass is 10.2. The van der Waals surface area contributed by atoms with Crippen molar-refractivity contribution >= 4 is 64.2 Å². The smallest absolute Gasteiger partial charge is 0.428 e. The fourth-order valence-electron chi connectivity index (χ4n) is 2.55. The van der Waals surface area contributed by atoms with Crippen LogP contribution in [0.15, 0.2) is 48.5 Å². The SMILES string of the molecule is CC(C)(C)OC(=O)Oc1ccc(NC(=O)c2nc(C(Cl)(Cl)Cl)n(-c3ccccc3)n2)c(Cl)c1. The van der Waals surface area contributed by atoms with Gasteiger partial charge in [0.25, 0.3) is 5.91 Å². The number of rotatable bonds is 4. The van der Waals surface area contributed by atoms with Gasteiger partial charge in [-0.25, -0.2) is 14.5 Å². The molecular formula is C21H18Cl4N4O4. The minimum absolute atomic E-state index is 0.0592. The van der Waals surface area contributed by atoms with Gasteiger partial charge in [0.05, 0.1) is 16.4 Å². The van der Waals surface area contributed by atoms with Gasteiger partial charge in [-0.2, -0.15) is 0 Å². The summed E-state index contributed by atoms with van der Waals surface area (Å²) >= 11 is 24.3. The molecule has 3 aromatic rings. The molecule has 1 aromatic heterocycles. The Hall–Kier alpha value is -2.52. The number of aromatic nitrogens is 3. The summed E-state index contributed by atoms with van der Waals surface area (Å²) in [5.74, 6) is -0.860. The van der Waals surface area contributed by atoms with Crippen LogP contribution < -0.4 is 10.1 Å². The first kappa shape index (κ1) is 25.1. The summed E-state index contributed by atoms with van der Waals surface area (Å²) in [5.41, 5.74) is 0.0629. The molecule has 0 aliphatic rings. The van der Waals surface area contributed by atoms with Crippen LogP contribution in [0.1, 0.15) is 37.2 Å². The van der Waals surface area contributed by atoms with Gasteiger partial charge in [-0.1, -0.05) is 64.6 Å². The van der Waals surface area contributed by atoms with Crippen LogP contribution in [0.2, 0.25) is 5.02 Å². The minimum atomic E-state index is -1.93. The zero-order valence-electron chi connectivity index (χ0n) is 17.6. The molecule has 0 aliphatic heterocycles. The van der Waals surface area contributed by atoms with Crippen LogP contribution in [0.25, 0.3) is 5.69 Å². The number of alkyl halides is 3. The summed E-state index contributed by atoms with van der Waals surface area (Å²) in [6.45, 7) is 5.13. The Morgan fingerprint density at radius 1 is 1.03 bits per heavy atom. The molecule has 0 bridgehead atoms. The molecule has 0 atom stereocenters. The van der Waals surface area contributed by atoms with Gasteiger partial charge in [0, 0.05) is 6.07 Å². The van der Waals surface area contributed by atoms with E-state index in [0.717, 1.165) is 0 Å². The fourth-order valence-corrected chi connectivity index (χ4v) is 3.13. The molecule has 0 spiro atoms. The number of hydrogen-bond acceptors (Lipinski definition) is 6. The van der Waals surface area contributed by atoms with Crippen molar-refractivity contribution in [1.82, 2.24) is 14.8 Å². The second-order valence-corrected chi connectivity index (χ2v) is 10.4. The highest BCUT2D eigenvalue weighted by molar-refractivity contribution is 6.66. The molecule has 0 radical (unpaired) electrons. The van der Waals surface area contributed by atoms with E-state index in [2.05, 4.69) is 15.4 Å². The number of para-hydroxylation sites is 1. The third-order valence-electron chi connectivity index (χ3n) is 3.84. The molecule has 8 nitrogen and oxygen atoms in total. The topological polar surface area (TPSA) is 95.3 Å². The summed E-state index contributed by atoms with van der Waals surface area (Å²) in [5, 5.41) is 6.86. The Kier molecular flexibility index (Phi) is 7.43. The van der Waals surface area contributed by atoms with E-state index in [9.17, 15) is 9.59 Å². The highest BCUT2D eigenvalue weighted by atomic mass is 35.6. The third kappa shape index (κ3) is 6.74. The molecule has 0 unspecified atom stereocenters. The van der Waals surface area contributed by atoms with Crippen molar-refractivity contribution in [2.45, 2.75) is 30.2 Å². The molecule has 174 valence electrons. The van der Waals surface area contributed by atoms with Crippen molar-refractivity contribution in [2.75, 3.05) is 5.32 Å². The van der Waals surface area contributed by atoms with Crippen molar-refractivity contribution in [3.63, 3.8) is 0 Å². The Morgan fingerprint density at radius 3 is 2.27 bits per heavy atom. The van der Waals surface area contributed by atoms with Gasteiger partial charge in [-0.3, -0.25) is 4.79 Å². The van der Waals surface area contributed by atoms with Gasteiger partial charge in [0.1, 0.15) is 11.4 Å². The van der Waals surface area contributed by atoms with Gasteiger partial charge in [-0.05, 0) is 45.0 Å². The number of nitrogens with zero attached hydrogens (tertiary/aromatic N) is 3. The highest BCUT2D eigenvalue weighted by Gasteiger charge is 2.33. The van der Waals surface area contributed by atoms with Crippen molar-refractivity contribution in [3.05, 3.63) is 65.2 Å². The normalized spacial score (nSPS) is 11.7. The van der Waals surface area contributed by atoms with Crippen molar-refractivity contribution < 1.29 is 19.1 Å². The lowest BCUT2D eigenvalue weighted by Crippen LogP contribution is -2.26. The number of nitrogens with one attached hydrogen (secondary N) is 1. The highest BCUT2D eigenvalue weighted by Crippen LogP contribution is 2.38. The van der Waals surface area contributed by atoms with Crippen LogP contribution in [-0.2, 0) is 8.53 Å². The average molecular weight is 532 g/mol. The summed E-state index contributed by atoms with van der Waals surface area (Å²) in [4.78, 5) is 28.7. The first-order valence-electron chi connectivity index (χ1n) is 9.45. The molecule has 12 heteroatoms. The number of amides is 1. The van der Waals surface area contributed by atoms with Crippen LogP contribution in [0.5, 0.6) is 5.75 Å². The summed E-state index contributed by atoms with van der Waals surface area (Å²) < 4.78 is 9.51. The molecule has 0 aliphatic carbocycles. The predicted molar refractivity (Wildman–Crippen MR) is 127 cm³/mol. The van der Waals surface area contributed by atoms with E-state index in [1.54, 1.807) is 51.1 Å². The average Bonchev–Trinajstić information content (AvgIpc) is 3.15. The van der Waals surface area contributed by atoms with Crippen LogP contribution in [0.3, 0.4) is 0 Å². The molecule has 3 rings (SSSR count). The molecule has 2 aromatic carbocycles. The molecular weight excluding hydrogens is 514 g/mol. The Labute approximate surface area is 209 Å². The number of halogens is 4. The van der Waals surface area contributed by atoms with E-state index < -0.39 is 21.5 Å². The predicted octanol–water partition coefficient (Wildman–Crippen LogP) is 6.31. The summed E-state index contributed by atoms with van der Waals surface area (Å²) in [6.07, 6.45) is -0.884. The first-order chi connectivity index (χ1) is 15.3. The number of ether oxygens (including phenoxy) is 2. The zero-order valence-corrected chi connectivity index (χ0v) is 20.6. The van der Waals surface area contributed by atoms with Gasteiger partial charge < -0.3 is 14.8 Å². The molecule has 0 saturated carbocycles.